The second-order valence-corrected chi connectivity index (χ2v) is 3.73. The summed E-state index contributed by atoms with van der Waals surface area (Å²) in [7, 11) is 0. The van der Waals surface area contributed by atoms with Gasteiger partial charge in [0.05, 0.1) is 5.41 Å². The topological polar surface area (TPSA) is 37.3 Å². The Morgan fingerprint density at radius 3 is 2.09 bits per heavy atom. The molecule has 1 radical (unpaired) electrons. The van der Waals surface area contributed by atoms with E-state index in [0.717, 1.165) is 38.0 Å². The van der Waals surface area contributed by atoms with Crippen molar-refractivity contribution in [3.05, 3.63) is 0 Å². The average molecular weight is 163 g/mol. The summed E-state index contributed by atoms with van der Waals surface area (Å²) in [5.41, 5.74) is -0.273. The van der Waals surface area contributed by atoms with Crippen molar-refractivity contribution in [2.45, 2.75) is 32.1 Å². The maximum atomic E-state index is 10.8. The molecule has 0 aromatic carbocycles. The molecule has 0 spiro atoms. The molecule has 2 fully saturated rings. The minimum Gasteiger partial charge on any atom is -0.481 e. The molecule has 0 amide bonds. The van der Waals surface area contributed by atoms with E-state index < -0.39 is 5.97 Å². The molecule has 2 nitrogen and oxygen atoms in total. The Labute approximate surface area is 88.7 Å². The first-order valence-corrected chi connectivity index (χ1v) is 3.96. The van der Waals surface area contributed by atoms with Crippen LogP contribution >= 0.6 is 0 Å². The molecule has 0 heterocycles. The van der Waals surface area contributed by atoms with Crippen molar-refractivity contribution in [3.8, 4) is 0 Å². The zero-order valence-corrected chi connectivity index (χ0v) is 8.97. The van der Waals surface area contributed by atoms with Crippen LogP contribution < -0.4 is 0 Å². The predicted octanol–water partition coefficient (Wildman–Crippen LogP) is 1.27. The Morgan fingerprint density at radius 2 is 1.91 bits per heavy atom. The maximum Gasteiger partial charge on any atom is 0.309 e. The van der Waals surface area contributed by atoms with Gasteiger partial charge in [-0.1, -0.05) is 0 Å². The second-order valence-electron chi connectivity index (χ2n) is 3.73. The van der Waals surface area contributed by atoms with Crippen LogP contribution in [0.2, 0.25) is 0 Å². The Hall–Kier alpha value is 0.470. The first-order valence-electron chi connectivity index (χ1n) is 3.96. The van der Waals surface area contributed by atoms with E-state index in [9.17, 15) is 4.79 Å². The summed E-state index contributed by atoms with van der Waals surface area (Å²) in [5.74, 6) is 0.198. The van der Waals surface area contributed by atoms with Crippen molar-refractivity contribution in [1.82, 2.24) is 0 Å². The minimum atomic E-state index is -0.549. The zero-order valence-electron chi connectivity index (χ0n) is 6.97. The van der Waals surface area contributed by atoms with Crippen LogP contribution in [0.1, 0.15) is 32.1 Å². The monoisotopic (exact) mass is 163 g/mol. The molecule has 57 valence electrons. The summed E-state index contributed by atoms with van der Waals surface area (Å²) in [4.78, 5) is 10.8. The third kappa shape index (κ3) is 1.36. The van der Waals surface area contributed by atoms with Crippen molar-refractivity contribution >= 4 is 35.5 Å². The van der Waals surface area contributed by atoms with Crippen LogP contribution in [0.4, 0.5) is 0 Å². The van der Waals surface area contributed by atoms with Crippen LogP contribution in [-0.4, -0.2) is 40.6 Å². The van der Waals surface area contributed by atoms with E-state index in [1.165, 1.54) is 0 Å². The number of carbonyl (C=O) groups is 1. The van der Waals surface area contributed by atoms with E-state index in [0.29, 0.717) is 0 Å². The van der Waals surface area contributed by atoms with Gasteiger partial charge in [0.25, 0.3) is 0 Å². The van der Waals surface area contributed by atoms with Crippen molar-refractivity contribution in [3.63, 3.8) is 0 Å². The summed E-state index contributed by atoms with van der Waals surface area (Å²) in [6, 6.07) is 0. The fraction of sp³-hybridized carbons (Fsp3) is 0.875. The Kier molecular flexibility index (Phi) is 2.67. The first kappa shape index (κ1) is 9.56. The van der Waals surface area contributed by atoms with E-state index >= 15 is 0 Å². The van der Waals surface area contributed by atoms with Gasteiger partial charge in [-0.15, -0.1) is 0 Å². The summed E-state index contributed by atoms with van der Waals surface area (Å²) in [5, 5.41) is 8.89. The summed E-state index contributed by atoms with van der Waals surface area (Å²) < 4.78 is 0. The van der Waals surface area contributed by atoms with Gasteiger partial charge in [-0.05, 0) is 38.0 Å². The Bertz CT molecular complexity index is 171. The Balaban J connectivity index is 0.000000605. The molecule has 2 rings (SSSR count). The molecule has 2 aliphatic carbocycles. The van der Waals surface area contributed by atoms with Crippen LogP contribution in [0.15, 0.2) is 0 Å². The number of hydrogen-bond acceptors (Lipinski definition) is 1. The number of fused-ring (bicyclic) bond motifs is 2. The van der Waals surface area contributed by atoms with Gasteiger partial charge in [0.1, 0.15) is 0 Å². The molecule has 3 heteroatoms. The molecule has 2 bridgehead atoms. The summed E-state index contributed by atoms with van der Waals surface area (Å²) >= 11 is 0. The predicted molar refractivity (Wildman–Crippen MR) is 42.4 cm³/mol. The summed E-state index contributed by atoms with van der Waals surface area (Å²) in [6.45, 7) is 0. The third-order valence-electron chi connectivity index (χ3n) is 3.20. The van der Waals surface area contributed by atoms with Gasteiger partial charge in [-0.25, -0.2) is 0 Å². The normalized spacial score (nSPS) is 40.2. The van der Waals surface area contributed by atoms with Gasteiger partial charge in [0.15, 0.2) is 0 Å². The molecular weight excluding hydrogens is 151 g/mol. The molecule has 2 aliphatic rings. The number of carboxylic acids is 1. The van der Waals surface area contributed by atoms with Gasteiger partial charge in [0.2, 0.25) is 0 Å². The fourth-order valence-corrected chi connectivity index (χ4v) is 2.49. The fourth-order valence-electron chi connectivity index (χ4n) is 2.49. The maximum absolute atomic E-state index is 10.8. The summed E-state index contributed by atoms with van der Waals surface area (Å²) in [6.07, 6.45) is 5.15. The van der Waals surface area contributed by atoms with E-state index in [2.05, 4.69) is 0 Å². The van der Waals surface area contributed by atoms with Crippen LogP contribution in [0, 0.1) is 11.3 Å². The molecule has 11 heavy (non-hydrogen) atoms. The van der Waals surface area contributed by atoms with Crippen molar-refractivity contribution in [2.75, 3.05) is 0 Å². The smallest absolute Gasteiger partial charge is 0.309 e. The van der Waals surface area contributed by atoms with E-state index in [-0.39, 0.29) is 35.0 Å². The molecule has 0 aromatic rings. The Morgan fingerprint density at radius 1 is 1.36 bits per heavy atom. The largest absolute Gasteiger partial charge is 0.481 e. The second kappa shape index (κ2) is 3.08. The first-order chi connectivity index (χ1) is 4.73. The molecular formula is C8H12NaO2. The number of hydrogen-bond donors (Lipinski definition) is 1. The molecule has 0 atom stereocenters. The standard InChI is InChI=1S/C8H12O2.Na/c9-7(10)8-3-1-6(5-8)2-4-8;/h6H,1-5H2,(H,9,10);. The SMILES string of the molecule is O=C(O)C12CCC(CC1)C2.[Na]. The van der Waals surface area contributed by atoms with Gasteiger partial charge in [-0.3, -0.25) is 4.79 Å². The molecule has 2 saturated carbocycles. The van der Waals surface area contributed by atoms with Crippen molar-refractivity contribution < 1.29 is 9.90 Å². The van der Waals surface area contributed by atoms with Crippen LogP contribution in [-0.2, 0) is 4.79 Å². The van der Waals surface area contributed by atoms with Gasteiger partial charge in [-0.2, -0.15) is 0 Å². The molecule has 0 aliphatic heterocycles. The quantitative estimate of drug-likeness (QED) is 0.591. The molecule has 0 aromatic heterocycles. The van der Waals surface area contributed by atoms with Crippen LogP contribution in [0.5, 0.6) is 0 Å². The van der Waals surface area contributed by atoms with Crippen molar-refractivity contribution in [2.24, 2.45) is 11.3 Å². The average Bonchev–Trinajstić information content (AvgIpc) is 2.45. The molecule has 1 N–H and O–H groups in total. The molecule has 0 unspecified atom stereocenters. The van der Waals surface area contributed by atoms with Crippen LogP contribution in [0.25, 0.3) is 0 Å². The minimum absolute atomic E-state index is 0. The van der Waals surface area contributed by atoms with Gasteiger partial charge < -0.3 is 5.11 Å². The number of aliphatic carboxylic acids is 1. The van der Waals surface area contributed by atoms with Gasteiger partial charge >= 0.3 is 5.97 Å². The number of rotatable bonds is 1. The van der Waals surface area contributed by atoms with Crippen LogP contribution in [0.3, 0.4) is 0 Å². The van der Waals surface area contributed by atoms with E-state index in [1.54, 1.807) is 0 Å². The zero-order chi connectivity index (χ0) is 7.19. The van der Waals surface area contributed by atoms with E-state index in [4.69, 9.17) is 5.11 Å². The third-order valence-corrected chi connectivity index (χ3v) is 3.20. The van der Waals surface area contributed by atoms with E-state index in [1.807, 2.05) is 0 Å². The van der Waals surface area contributed by atoms with Gasteiger partial charge in [0, 0.05) is 29.6 Å². The molecule has 0 saturated heterocycles. The number of carboxylic acid groups (broad SMARTS) is 1. The van der Waals surface area contributed by atoms with Crippen molar-refractivity contribution in [1.29, 1.82) is 0 Å².